The van der Waals surface area contributed by atoms with Gasteiger partial charge in [-0.15, -0.1) is 11.8 Å². The van der Waals surface area contributed by atoms with Crippen molar-refractivity contribution in [1.29, 1.82) is 0 Å². The van der Waals surface area contributed by atoms with Gasteiger partial charge in [0, 0.05) is 15.1 Å². The molecular weight excluding hydrogens is 414 g/mol. The molecule has 0 aliphatic carbocycles. The first-order valence-electron chi connectivity index (χ1n) is 7.55. The Labute approximate surface area is 154 Å². The van der Waals surface area contributed by atoms with E-state index in [0.29, 0.717) is 23.0 Å². The zero-order valence-electron chi connectivity index (χ0n) is 13.5. The standard InChI is InChI=1S/C17H19BrFO3PS/c1-3-21-23(20,22-4-2)17-10-5-13(11-16(17)18)12-24-15-8-6-14(19)7-9-15/h5-11H,3-4,12H2,1-2H3. The van der Waals surface area contributed by atoms with Gasteiger partial charge in [-0.1, -0.05) is 6.07 Å². The normalized spacial score (nSPS) is 11.7. The summed E-state index contributed by atoms with van der Waals surface area (Å²) in [5.74, 6) is 0.479. The van der Waals surface area contributed by atoms with Crippen LogP contribution >= 0.6 is 35.3 Å². The van der Waals surface area contributed by atoms with Gasteiger partial charge in [-0.2, -0.15) is 0 Å². The van der Waals surface area contributed by atoms with Crippen LogP contribution in [0.4, 0.5) is 4.39 Å². The van der Waals surface area contributed by atoms with E-state index in [9.17, 15) is 8.96 Å². The highest BCUT2D eigenvalue weighted by atomic mass is 79.9. The first kappa shape index (κ1) is 19.7. The van der Waals surface area contributed by atoms with Gasteiger partial charge in [0.1, 0.15) is 5.82 Å². The van der Waals surface area contributed by atoms with Crippen LogP contribution in [0.1, 0.15) is 19.4 Å². The van der Waals surface area contributed by atoms with E-state index in [1.807, 2.05) is 12.1 Å². The molecule has 130 valence electrons. The number of hydrogen-bond acceptors (Lipinski definition) is 4. The van der Waals surface area contributed by atoms with Gasteiger partial charge in [0.15, 0.2) is 0 Å². The van der Waals surface area contributed by atoms with Crippen molar-refractivity contribution in [1.82, 2.24) is 0 Å². The Balaban J connectivity index is 2.13. The summed E-state index contributed by atoms with van der Waals surface area (Å²) in [6.07, 6.45) is 0. The number of hydrogen-bond donors (Lipinski definition) is 0. The third-order valence-electron chi connectivity index (χ3n) is 3.12. The Bertz CT molecular complexity index is 714. The minimum absolute atomic E-state index is 0.242. The van der Waals surface area contributed by atoms with Gasteiger partial charge >= 0.3 is 7.60 Å². The second kappa shape index (κ2) is 9.16. The predicted molar refractivity (Wildman–Crippen MR) is 101 cm³/mol. The minimum atomic E-state index is -3.31. The van der Waals surface area contributed by atoms with Crippen molar-refractivity contribution < 1.29 is 18.0 Å². The van der Waals surface area contributed by atoms with Gasteiger partial charge < -0.3 is 9.05 Å². The molecular formula is C17H19BrFO3PS. The minimum Gasteiger partial charge on any atom is -0.305 e. The fourth-order valence-electron chi connectivity index (χ4n) is 2.08. The molecule has 2 aromatic rings. The summed E-state index contributed by atoms with van der Waals surface area (Å²) in [7, 11) is -3.31. The molecule has 0 heterocycles. The molecule has 0 radical (unpaired) electrons. The number of benzene rings is 2. The van der Waals surface area contributed by atoms with Crippen molar-refractivity contribution in [2.24, 2.45) is 0 Å². The maximum atomic E-state index is 12.9. The molecule has 0 spiro atoms. The van der Waals surface area contributed by atoms with Crippen molar-refractivity contribution in [2.45, 2.75) is 24.5 Å². The molecule has 0 saturated carbocycles. The second-order valence-electron chi connectivity index (χ2n) is 4.86. The van der Waals surface area contributed by atoms with Gasteiger partial charge in [-0.25, -0.2) is 4.39 Å². The van der Waals surface area contributed by atoms with Crippen LogP contribution in [0.2, 0.25) is 0 Å². The van der Waals surface area contributed by atoms with Crippen LogP contribution in [0.5, 0.6) is 0 Å². The van der Waals surface area contributed by atoms with Gasteiger partial charge in [0.25, 0.3) is 0 Å². The van der Waals surface area contributed by atoms with Gasteiger partial charge in [-0.3, -0.25) is 4.57 Å². The fraction of sp³-hybridized carbons (Fsp3) is 0.294. The Kier molecular flexibility index (Phi) is 7.51. The van der Waals surface area contributed by atoms with Crippen LogP contribution in [0.15, 0.2) is 51.8 Å². The van der Waals surface area contributed by atoms with E-state index in [2.05, 4.69) is 15.9 Å². The predicted octanol–water partition coefficient (Wildman–Crippen LogP) is 5.77. The Morgan fingerprint density at radius 1 is 1.08 bits per heavy atom. The average Bonchev–Trinajstić information content (AvgIpc) is 2.54. The Morgan fingerprint density at radius 3 is 2.25 bits per heavy atom. The summed E-state index contributed by atoms with van der Waals surface area (Å²) >= 11 is 5.07. The van der Waals surface area contributed by atoms with Crippen LogP contribution in [0, 0.1) is 5.82 Å². The lowest BCUT2D eigenvalue weighted by atomic mass is 10.2. The molecule has 0 fully saturated rings. The molecule has 0 atom stereocenters. The highest BCUT2D eigenvalue weighted by Gasteiger charge is 2.29. The van der Waals surface area contributed by atoms with Crippen molar-refractivity contribution in [3.8, 4) is 0 Å². The first-order chi connectivity index (χ1) is 11.5. The van der Waals surface area contributed by atoms with Crippen LogP contribution in [0.3, 0.4) is 0 Å². The molecule has 3 nitrogen and oxygen atoms in total. The van der Waals surface area contributed by atoms with Gasteiger partial charge in [0.2, 0.25) is 0 Å². The smallest absolute Gasteiger partial charge is 0.305 e. The Hall–Kier alpha value is -0.650. The molecule has 0 unspecified atom stereocenters. The van der Waals surface area contributed by atoms with Crippen molar-refractivity contribution >= 4 is 40.6 Å². The summed E-state index contributed by atoms with van der Waals surface area (Å²) < 4.78 is 37.2. The quantitative estimate of drug-likeness (QED) is 0.391. The third-order valence-corrected chi connectivity index (χ3v) is 7.35. The Morgan fingerprint density at radius 2 is 1.71 bits per heavy atom. The zero-order valence-corrected chi connectivity index (χ0v) is 16.8. The van der Waals surface area contributed by atoms with E-state index in [1.54, 1.807) is 43.8 Å². The van der Waals surface area contributed by atoms with Gasteiger partial charge in [0.05, 0.1) is 18.5 Å². The van der Waals surface area contributed by atoms with Crippen LogP contribution in [-0.4, -0.2) is 13.2 Å². The summed E-state index contributed by atoms with van der Waals surface area (Å²) in [6, 6.07) is 12.0. The average molecular weight is 433 g/mol. The van der Waals surface area contributed by atoms with E-state index in [-0.39, 0.29) is 5.82 Å². The monoisotopic (exact) mass is 432 g/mol. The summed E-state index contributed by atoms with van der Waals surface area (Å²) in [6.45, 7) is 4.19. The molecule has 0 bridgehead atoms. The first-order valence-corrected chi connectivity index (χ1v) is 10.9. The lowest BCUT2D eigenvalue weighted by Crippen LogP contribution is -2.12. The third kappa shape index (κ3) is 5.17. The van der Waals surface area contributed by atoms with E-state index in [4.69, 9.17) is 9.05 Å². The van der Waals surface area contributed by atoms with Crippen LogP contribution in [-0.2, 0) is 19.4 Å². The molecule has 7 heteroatoms. The number of halogens is 2. The van der Waals surface area contributed by atoms with E-state index >= 15 is 0 Å². The largest absolute Gasteiger partial charge is 0.362 e. The summed E-state index contributed by atoms with van der Waals surface area (Å²) in [5.41, 5.74) is 1.06. The van der Waals surface area contributed by atoms with E-state index in [1.165, 1.54) is 12.1 Å². The molecule has 0 aliphatic rings. The van der Waals surface area contributed by atoms with Crippen LogP contribution in [0.25, 0.3) is 0 Å². The molecule has 0 aliphatic heterocycles. The lowest BCUT2D eigenvalue weighted by molar-refractivity contribution is 0.230. The zero-order chi connectivity index (χ0) is 17.6. The fourth-order valence-corrected chi connectivity index (χ4v) is 5.61. The van der Waals surface area contributed by atoms with E-state index in [0.717, 1.165) is 16.2 Å². The molecule has 2 rings (SSSR count). The molecule has 2 aromatic carbocycles. The maximum absolute atomic E-state index is 12.9. The van der Waals surface area contributed by atoms with Crippen molar-refractivity contribution in [2.75, 3.05) is 13.2 Å². The molecule has 0 aromatic heterocycles. The number of rotatable bonds is 8. The summed E-state index contributed by atoms with van der Waals surface area (Å²) in [4.78, 5) is 0.992. The highest BCUT2D eigenvalue weighted by molar-refractivity contribution is 9.10. The molecule has 0 amide bonds. The topological polar surface area (TPSA) is 35.5 Å². The maximum Gasteiger partial charge on any atom is 0.362 e. The lowest BCUT2D eigenvalue weighted by Gasteiger charge is -2.18. The SMILES string of the molecule is CCOP(=O)(OCC)c1ccc(CSc2ccc(F)cc2)cc1Br. The summed E-state index contributed by atoms with van der Waals surface area (Å²) in [5, 5.41) is 0.529. The van der Waals surface area contributed by atoms with Crippen LogP contribution < -0.4 is 5.30 Å². The van der Waals surface area contributed by atoms with Crippen molar-refractivity contribution in [3.05, 3.63) is 58.3 Å². The molecule has 0 N–H and O–H groups in total. The second-order valence-corrected chi connectivity index (χ2v) is 8.76. The van der Waals surface area contributed by atoms with Gasteiger partial charge in [-0.05, 0) is 71.7 Å². The molecule has 24 heavy (non-hydrogen) atoms. The number of thioether (sulfide) groups is 1. The van der Waals surface area contributed by atoms with E-state index < -0.39 is 7.60 Å². The molecule has 0 saturated heterocycles. The highest BCUT2D eigenvalue weighted by Crippen LogP contribution is 2.48. The van der Waals surface area contributed by atoms with Crippen molar-refractivity contribution in [3.63, 3.8) is 0 Å².